The molecule has 0 spiro atoms. The Balaban J connectivity index is 0.00000161. The van der Waals surface area contributed by atoms with Gasteiger partial charge in [0, 0.05) is 47.0 Å². The van der Waals surface area contributed by atoms with Crippen LogP contribution in [0.25, 0.3) is 21.3 Å². The van der Waals surface area contributed by atoms with E-state index in [1.54, 1.807) is 6.08 Å². The molecule has 6 heteroatoms. The van der Waals surface area contributed by atoms with Gasteiger partial charge in [-0.1, -0.05) is 36.4 Å². The summed E-state index contributed by atoms with van der Waals surface area (Å²) in [4.78, 5) is 17.7. The van der Waals surface area contributed by atoms with Gasteiger partial charge in [-0.2, -0.15) is 0 Å². The summed E-state index contributed by atoms with van der Waals surface area (Å²) in [6.45, 7) is 4.03. The molecule has 0 aliphatic heterocycles. The van der Waals surface area contributed by atoms with Crippen molar-refractivity contribution in [3.8, 4) is 11.1 Å². The van der Waals surface area contributed by atoms with Crippen LogP contribution >= 0.6 is 11.3 Å². The zero-order valence-electron chi connectivity index (χ0n) is 11.6. The van der Waals surface area contributed by atoms with Gasteiger partial charge in [-0.15, -0.1) is 17.9 Å². The zero-order valence-corrected chi connectivity index (χ0v) is 15.2. The van der Waals surface area contributed by atoms with Crippen LogP contribution in [0.1, 0.15) is 0 Å². The van der Waals surface area contributed by atoms with Crippen LogP contribution in [0.3, 0.4) is 0 Å². The van der Waals surface area contributed by atoms with E-state index >= 15 is 0 Å². The number of nitrogens with zero attached hydrogens (tertiary/aromatic N) is 2. The first-order chi connectivity index (χ1) is 9.72. The van der Waals surface area contributed by atoms with Crippen molar-refractivity contribution >= 4 is 63.7 Å². The number of benzene rings is 1. The standard InChI is InChI=1S/C15H12N2OS2.Na/c1-2-8-17-14(18)12-11(10-6-4-3-5-7-10)9-20-13(12)16-15(17)19;/h2-7,9H,1,8H2,(H,16,19);/p-1. The van der Waals surface area contributed by atoms with Crippen molar-refractivity contribution in [1.29, 1.82) is 0 Å². The minimum Gasteiger partial charge on any atom is -0.742 e. The van der Waals surface area contributed by atoms with E-state index in [0.717, 1.165) is 11.1 Å². The van der Waals surface area contributed by atoms with E-state index < -0.39 is 0 Å². The summed E-state index contributed by atoms with van der Waals surface area (Å²) in [5.74, 6) is 0. The van der Waals surface area contributed by atoms with Gasteiger partial charge in [0.15, 0.2) is 0 Å². The predicted octanol–water partition coefficient (Wildman–Crippen LogP) is 2.84. The largest absolute Gasteiger partial charge is 0.742 e. The Bertz CT molecular complexity index is 840. The molecule has 1 aromatic carbocycles. The average molecular weight is 322 g/mol. The van der Waals surface area contributed by atoms with Crippen molar-refractivity contribution in [3.05, 3.63) is 58.7 Å². The van der Waals surface area contributed by atoms with Crippen LogP contribution in [0.5, 0.6) is 0 Å². The Kier molecular flexibility index (Phi) is 5.35. The van der Waals surface area contributed by atoms with Crippen LogP contribution in [0.15, 0.2) is 58.3 Å². The third-order valence-corrected chi connectivity index (χ3v) is 4.24. The van der Waals surface area contributed by atoms with Crippen LogP contribution in [-0.4, -0.2) is 39.1 Å². The van der Waals surface area contributed by atoms with Crippen molar-refractivity contribution in [2.45, 2.75) is 11.7 Å². The van der Waals surface area contributed by atoms with E-state index in [9.17, 15) is 4.79 Å². The first kappa shape index (κ1) is 16.4. The third kappa shape index (κ3) is 2.98. The summed E-state index contributed by atoms with van der Waals surface area (Å²) < 4.78 is 1.48. The van der Waals surface area contributed by atoms with E-state index in [-0.39, 0.29) is 35.1 Å². The van der Waals surface area contributed by atoms with E-state index in [0.29, 0.717) is 21.9 Å². The molecule has 0 fully saturated rings. The number of allylic oxidation sites excluding steroid dienone is 1. The summed E-state index contributed by atoms with van der Waals surface area (Å²) in [5.41, 5.74) is 1.83. The maximum absolute atomic E-state index is 12.6. The molecule has 101 valence electrons. The van der Waals surface area contributed by atoms with Crippen molar-refractivity contribution in [2.24, 2.45) is 0 Å². The number of thiophene rings is 1. The van der Waals surface area contributed by atoms with Gasteiger partial charge in [0.1, 0.15) is 4.83 Å². The Morgan fingerprint density at radius 2 is 2.05 bits per heavy atom. The molecule has 1 radical (unpaired) electrons. The summed E-state index contributed by atoms with van der Waals surface area (Å²) in [6, 6.07) is 9.83. The van der Waals surface area contributed by atoms with E-state index in [4.69, 9.17) is 12.6 Å². The van der Waals surface area contributed by atoms with Gasteiger partial charge in [0.2, 0.25) is 0 Å². The van der Waals surface area contributed by atoms with Gasteiger partial charge >= 0.3 is 0 Å². The second kappa shape index (κ2) is 6.85. The Hall–Kier alpha value is -0.980. The van der Waals surface area contributed by atoms with Crippen LogP contribution in [0.4, 0.5) is 0 Å². The number of hydrogen-bond donors (Lipinski definition) is 0. The molecule has 0 bridgehead atoms. The van der Waals surface area contributed by atoms with Gasteiger partial charge in [-0.3, -0.25) is 4.79 Å². The number of aromatic nitrogens is 2. The predicted molar refractivity (Wildman–Crippen MR) is 90.9 cm³/mol. The molecule has 2 heterocycles. The van der Waals surface area contributed by atoms with Crippen LogP contribution < -0.4 is 5.56 Å². The van der Waals surface area contributed by atoms with Crippen molar-refractivity contribution in [3.63, 3.8) is 0 Å². The summed E-state index contributed by atoms with van der Waals surface area (Å²) in [7, 11) is 0. The second-order valence-corrected chi connectivity index (χ2v) is 5.52. The summed E-state index contributed by atoms with van der Waals surface area (Å²) >= 11 is 6.62. The molecule has 21 heavy (non-hydrogen) atoms. The van der Waals surface area contributed by atoms with Crippen LogP contribution in [0.2, 0.25) is 0 Å². The Morgan fingerprint density at radius 1 is 1.33 bits per heavy atom. The molecule has 3 nitrogen and oxygen atoms in total. The monoisotopic (exact) mass is 322 g/mol. The maximum Gasteiger partial charge on any atom is 0.261 e. The molecule has 0 unspecified atom stereocenters. The SMILES string of the molecule is C=CCn1c([S-])nc2scc(-c3ccccc3)c2c1=O.[Na]. The molecule has 3 aromatic rings. The molecule has 0 saturated carbocycles. The number of hydrogen-bond acceptors (Lipinski definition) is 4. The topological polar surface area (TPSA) is 34.9 Å². The molecule has 0 N–H and O–H groups in total. The number of rotatable bonds is 3. The van der Waals surface area contributed by atoms with Crippen LogP contribution in [-0.2, 0) is 19.2 Å². The van der Waals surface area contributed by atoms with E-state index in [1.165, 1.54) is 15.9 Å². The van der Waals surface area contributed by atoms with Crippen molar-refractivity contribution < 1.29 is 0 Å². The molecular formula is C15H11N2NaOS2-. The fourth-order valence-corrected chi connectivity index (χ4v) is 3.37. The quantitative estimate of drug-likeness (QED) is 0.322. The van der Waals surface area contributed by atoms with Crippen molar-refractivity contribution in [1.82, 2.24) is 9.55 Å². The van der Waals surface area contributed by atoms with E-state index in [1.807, 2.05) is 35.7 Å². The number of fused-ring (bicyclic) bond motifs is 1. The first-order valence-electron chi connectivity index (χ1n) is 6.07. The zero-order chi connectivity index (χ0) is 14.1. The third-order valence-electron chi connectivity index (χ3n) is 3.06. The second-order valence-electron chi connectivity index (χ2n) is 4.29. The van der Waals surface area contributed by atoms with Gasteiger partial charge in [0.25, 0.3) is 5.56 Å². The molecule has 0 saturated heterocycles. The molecule has 0 aliphatic carbocycles. The summed E-state index contributed by atoms with van der Waals surface area (Å²) in [5, 5.41) is 2.90. The molecule has 0 aliphatic rings. The van der Waals surface area contributed by atoms with Gasteiger partial charge in [-0.05, 0) is 10.7 Å². The van der Waals surface area contributed by atoms with Crippen molar-refractivity contribution in [2.75, 3.05) is 0 Å². The molecule has 2 aromatic heterocycles. The smallest absolute Gasteiger partial charge is 0.261 e. The Labute approximate surface area is 154 Å². The van der Waals surface area contributed by atoms with Gasteiger partial charge in [-0.25, -0.2) is 4.98 Å². The minimum absolute atomic E-state index is 0. The van der Waals surface area contributed by atoms with E-state index in [2.05, 4.69) is 11.6 Å². The Morgan fingerprint density at radius 3 is 2.71 bits per heavy atom. The van der Waals surface area contributed by atoms with Gasteiger partial charge in [0.05, 0.1) is 5.39 Å². The van der Waals surface area contributed by atoms with Crippen LogP contribution in [0, 0.1) is 0 Å². The minimum atomic E-state index is -0.0972. The fraction of sp³-hybridized carbons (Fsp3) is 0.0667. The molecule has 3 rings (SSSR count). The molecule has 0 amide bonds. The normalized spacial score (nSPS) is 10.3. The van der Waals surface area contributed by atoms with Gasteiger partial charge < -0.3 is 17.2 Å². The average Bonchev–Trinajstić information content (AvgIpc) is 2.88. The molecule has 0 atom stereocenters. The maximum atomic E-state index is 12.6. The molecular weight excluding hydrogens is 311 g/mol. The summed E-state index contributed by atoms with van der Waals surface area (Å²) in [6.07, 6.45) is 1.65. The fourth-order valence-electron chi connectivity index (χ4n) is 2.13. The first-order valence-corrected chi connectivity index (χ1v) is 7.36.